The maximum Gasteiger partial charge on any atom is 0.241 e. The van der Waals surface area contributed by atoms with Crippen molar-refractivity contribution >= 4 is 11.6 Å². The van der Waals surface area contributed by atoms with Gasteiger partial charge in [-0.05, 0) is 62.9 Å². The highest BCUT2D eigenvalue weighted by Gasteiger charge is 2.29. The molecule has 2 unspecified atom stereocenters. The van der Waals surface area contributed by atoms with Gasteiger partial charge in [-0.3, -0.25) is 9.69 Å². The molecule has 1 saturated heterocycles. The van der Waals surface area contributed by atoms with Crippen LogP contribution in [0.5, 0.6) is 0 Å². The molecule has 0 saturated carbocycles. The molecule has 0 radical (unpaired) electrons. The lowest BCUT2D eigenvalue weighted by Gasteiger charge is -2.23. The molecule has 2 N–H and O–H groups in total. The molecule has 1 amide bonds. The molecule has 0 bridgehead atoms. The van der Waals surface area contributed by atoms with E-state index in [0.717, 1.165) is 25.2 Å². The predicted molar refractivity (Wildman–Crippen MR) is 80.8 cm³/mol. The van der Waals surface area contributed by atoms with Crippen molar-refractivity contribution in [1.82, 2.24) is 4.90 Å². The summed E-state index contributed by atoms with van der Waals surface area (Å²) in [5.41, 5.74) is 3.25. The molecule has 0 aliphatic carbocycles. The minimum absolute atomic E-state index is 0.0202. The number of benzene rings is 1. The summed E-state index contributed by atoms with van der Waals surface area (Å²) in [6, 6.07) is 5.80. The van der Waals surface area contributed by atoms with Crippen molar-refractivity contribution in [1.29, 1.82) is 0 Å². The van der Waals surface area contributed by atoms with Crippen molar-refractivity contribution in [3.63, 3.8) is 0 Å². The molecule has 1 aromatic rings. The molecule has 1 aromatic carbocycles. The van der Waals surface area contributed by atoms with Gasteiger partial charge in [0.25, 0.3) is 0 Å². The first-order valence-electron chi connectivity index (χ1n) is 7.24. The van der Waals surface area contributed by atoms with Crippen molar-refractivity contribution < 1.29 is 9.90 Å². The Balaban J connectivity index is 1.95. The molecule has 1 aliphatic heterocycles. The van der Waals surface area contributed by atoms with Gasteiger partial charge in [0, 0.05) is 18.8 Å². The molecule has 2 rings (SSSR count). The zero-order chi connectivity index (χ0) is 14.7. The number of aliphatic hydroxyl groups is 1. The fourth-order valence-electron chi connectivity index (χ4n) is 2.60. The van der Waals surface area contributed by atoms with Crippen molar-refractivity contribution in [3.8, 4) is 0 Å². The summed E-state index contributed by atoms with van der Waals surface area (Å²) in [5, 5.41) is 12.1. The number of anilines is 1. The van der Waals surface area contributed by atoms with Gasteiger partial charge in [0.2, 0.25) is 5.91 Å². The minimum Gasteiger partial charge on any atom is -0.396 e. The van der Waals surface area contributed by atoms with E-state index in [9.17, 15) is 4.79 Å². The Morgan fingerprint density at radius 2 is 2.20 bits per heavy atom. The Morgan fingerprint density at radius 1 is 1.45 bits per heavy atom. The predicted octanol–water partition coefficient (Wildman–Crippen LogP) is 1.94. The summed E-state index contributed by atoms with van der Waals surface area (Å²) in [6.45, 7) is 7.92. The lowest BCUT2D eigenvalue weighted by molar-refractivity contribution is -0.120. The molecular weight excluding hydrogens is 252 g/mol. The van der Waals surface area contributed by atoms with E-state index in [0.29, 0.717) is 5.92 Å². The number of aliphatic hydroxyl groups excluding tert-OH is 1. The second-order valence-electron chi connectivity index (χ2n) is 5.80. The van der Waals surface area contributed by atoms with Gasteiger partial charge >= 0.3 is 0 Å². The summed E-state index contributed by atoms with van der Waals surface area (Å²) in [5.74, 6) is 0.332. The number of carbonyl (C=O) groups excluding carboxylic acids is 1. The monoisotopic (exact) mass is 276 g/mol. The Kier molecular flexibility index (Phi) is 4.78. The number of carbonyl (C=O) groups is 1. The van der Waals surface area contributed by atoms with Crippen molar-refractivity contribution in [2.24, 2.45) is 5.92 Å². The van der Waals surface area contributed by atoms with Crippen molar-refractivity contribution in [2.75, 3.05) is 25.0 Å². The number of nitrogens with one attached hydrogen (secondary N) is 1. The van der Waals surface area contributed by atoms with Gasteiger partial charge in [-0.15, -0.1) is 0 Å². The molecule has 1 heterocycles. The molecule has 1 aliphatic rings. The summed E-state index contributed by atoms with van der Waals surface area (Å²) in [7, 11) is 0. The molecule has 4 heteroatoms. The van der Waals surface area contributed by atoms with E-state index in [1.54, 1.807) is 0 Å². The third-order valence-corrected chi connectivity index (χ3v) is 4.28. The van der Waals surface area contributed by atoms with Gasteiger partial charge in [-0.25, -0.2) is 0 Å². The molecule has 110 valence electrons. The van der Waals surface area contributed by atoms with E-state index in [1.165, 1.54) is 11.1 Å². The first-order valence-corrected chi connectivity index (χ1v) is 7.24. The number of rotatable bonds is 4. The van der Waals surface area contributed by atoms with E-state index in [-0.39, 0.29) is 18.6 Å². The summed E-state index contributed by atoms with van der Waals surface area (Å²) in [4.78, 5) is 14.4. The number of hydrogen-bond donors (Lipinski definition) is 2. The molecule has 2 atom stereocenters. The first kappa shape index (κ1) is 15.0. The van der Waals surface area contributed by atoms with Crippen molar-refractivity contribution in [3.05, 3.63) is 29.3 Å². The van der Waals surface area contributed by atoms with Crippen LogP contribution in [0.1, 0.15) is 24.5 Å². The van der Waals surface area contributed by atoms with Gasteiger partial charge in [-0.2, -0.15) is 0 Å². The standard InChI is InChI=1S/C16H24N2O2/c1-11-4-5-15(8-12(11)2)17-16(20)13(3)18-7-6-14(9-18)10-19/h4-5,8,13-14,19H,6-7,9-10H2,1-3H3,(H,17,20). The maximum atomic E-state index is 12.3. The van der Waals surface area contributed by atoms with Crippen molar-refractivity contribution in [2.45, 2.75) is 33.2 Å². The smallest absolute Gasteiger partial charge is 0.241 e. The normalized spacial score (nSPS) is 20.9. The Hall–Kier alpha value is -1.39. The van der Waals surface area contributed by atoms with Crippen LogP contribution in [0.4, 0.5) is 5.69 Å². The Morgan fingerprint density at radius 3 is 2.80 bits per heavy atom. The van der Waals surface area contributed by atoms with Crippen LogP contribution in [0.2, 0.25) is 0 Å². The van der Waals surface area contributed by atoms with Gasteiger partial charge < -0.3 is 10.4 Å². The topological polar surface area (TPSA) is 52.6 Å². The summed E-state index contributed by atoms with van der Waals surface area (Å²) < 4.78 is 0. The van der Waals surface area contributed by atoms with E-state index >= 15 is 0 Å². The summed E-state index contributed by atoms with van der Waals surface area (Å²) >= 11 is 0. The molecular formula is C16H24N2O2. The largest absolute Gasteiger partial charge is 0.396 e. The molecule has 0 spiro atoms. The fourth-order valence-corrected chi connectivity index (χ4v) is 2.60. The molecule has 4 nitrogen and oxygen atoms in total. The quantitative estimate of drug-likeness (QED) is 0.883. The van der Waals surface area contributed by atoms with E-state index < -0.39 is 0 Å². The number of nitrogens with zero attached hydrogens (tertiary/aromatic N) is 1. The zero-order valence-corrected chi connectivity index (χ0v) is 12.5. The fraction of sp³-hybridized carbons (Fsp3) is 0.562. The highest BCUT2D eigenvalue weighted by atomic mass is 16.3. The lowest BCUT2D eigenvalue weighted by atomic mass is 10.1. The van der Waals surface area contributed by atoms with E-state index in [1.807, 2.05) is 32.0 Å². The van der Waals surface area contributed by atoms with Crippen LogP contribution in [0, 0.1) is 19.8 Å². The van der Waals surface area contributed by atoms with Crippen LogP contribution in [0.25, 0.3) is 0 Å². The maximum absolute atomic E-state index is 12.3. The highest BCUT2D eigenvalue weighted by Crippen LogP contribution is 2.19. The third kappa shape index (κ3) is 3.38. The van der Waals surface area contributed by atoms with Gasteiger partial charge in [0.05, 0.1) is 6.04 Å². The molecule has 0 aromatic heterocycles. The van der Waals surface area contributed by atoms with Gasteiger partial charge in [0.1, 0.15) is 0 Å². The highest BCUT2D eigenvalue weighted by molar-refractivity contribution is 5.94. The SMILES string of the molecule is Cc1ccc(NC(=O)C(C)N2CCC(CO)C2)cc1C. The van der Waals surface area contributed by atoms with Gasteiger partial charge in [-0.1, -0.05) is 6.07 Å². The van der Waals surface area contributed by atoms with Crippen LogP contribution in [0.15, 0.2) is 18.2 Å². The van der Waals surface area contributed by atoms with Crippen LogP contribution in [-0.2, 0) is 4.79 Å². The minimum atomic E-state index is -0.159. The zero-order valence-electron chi connectivity index (χ0n) is 12.5. The second kappa shape index (κ2) is 6.37. The number of hydrogen-bond acceptors (Lipinski definition) is 3. The van der Waals surface area contributed by atoms with Crippen LogP contribution < -0.4 is 5.32 Å². The Labute approximate surface area is 120 Å². The summed E-state index contributed by atoms with van der Waals surface area (Å²) in [6.07, 6.45) is 0.970. The lowest BCUT2D eigenvalue weighted by Crippen LogP contribution is -2.40. The molecule has 20 heavy (non-hydrogen) atoms. The first-order chi connectivity index (χ1) is 9.51. The average Bonchev–Trinajstić information content (AvgIpc) is 2.91. The molecule has 1 fully saturated rings. The number of aryl methyl sites for hydroxylation is 2. The Bertz CT molecular complexity index is 487. The third-order valence-electron chi connectivity index (χ3n) is 4.28. The number of amides is 1. The van der Waals surface area contributed by atoms with Crippen LogP contribution in [-0.4, -0.2) is 41.7 Å². The van der Waals surface area contributed by atoms with Gasteiger partial charge in [0.15, 0.2) is 0 Å². The average molecular weight is 276 g/mol. The number of likely N-dealkylation sites (tertiary alicyclic amines) is 1. The second-order valence-corrected chi connectivity index (χ2v) is 5.80. The van der Waals surface area contributed by atoms with Crippen LogP contribution in [0.3, 0.4) is 0 Å². The van der Waals surface area contributed by atoms with Crippen LogP contribution >= 0.6 is 0 Å². The van der Waals surface area contributed by atoms with E-state index in [4.69, 9.17) is 5.11 Å². The van der Waals surface area contributed by atoms with E-state index in [2.05, 4.69) is 17.1 Å².